The van der Waals surface area contributed by atoms with E-state index in [4.69, 9.17) is 5.73 Å². The number of primary amides is 1. The van der Waals surface area contributed by atoms with Gasteiger partial charge in [0.15, 0.2) is 0 Å². The molecule has 0 aliphatic rings. The summed E-state index contributed by atoms with van der Waals surface area (Å²) < 4.78 is 11.8. The van der Waals surface area contributed by atoms with Crippen molar-refractivity contribution in [1.82, 2.24) is 16.0 Å². The van der Waals surface area contributed by atoms with Crippen molar-refractivity contribution in [2.24, 2.45) is 11.7 Å². The second kappa shape index (κ2) is 12.9. The first-order valence-corrected chi connectivity index (χ1v) is 11.9. The summed E-state index contributed by atoms with van der Waals surface area (Å²) in [6.07, 6.45) is 0.386. The number of benzene rings is 1. The van der Waals surface area contributed by atoms with E-state index in [0.717, 1.165) is 0 Å². The third kappa shape index (κ3) is 9.15. The Morgan fingerprint density at radius 2 is 1.53 bits per heavy atom. The lowest BCUT2D eigenvalue weighted by atomic mass is 10.0. The van der Waals surface area contributed by atoms with Crippen LogP contribution in [0.2, 0.25) is 0 Å². The molecule has 6 N–H and O–H groups in total. The monoisotopic (exact) mass is 468 g/mol. The Morgan fingerprint density at radius 3 is 2.00 bits per heavy atom. The van der Waals surface area contributed by atoms with Gasteiger partial charge in [0, 0.05) is 22.6 Å². The largest absolute Gasteiger partial charge is 0.391 e. The molecule has 5 atom stereocenters. The van der Waals surface area contributed by atoms with E-state index in [1.807, 2.05) is 13.8 Å². The fourth-order valence-electron chi connectivity index (χ4n) is 2.91. The highest BCUT2D eigenvalue weighted by Gasteiger charge is 2.31. The molecule has 178 valence electrons. The lowest BCUT2D eigenvalue weighted by Gasteiger charge is -2.26. The number of amides is 4. The molecule has 0 heterocycles. The van der Waals surface area contributed by atoms with Crippen LogP contribution < -0.4 is 21.7 Å². The third-order valence-corrected chi connectivity index (χ3v) is 5.29. The van der Waals surface area contributed by atoms with E-state index in [0.29, 0.717) is 5.56 Å². The Morgan fingerprint density at radius 1 is 0.969 bits per heavy atom. The topological polar surface area (TPSA) is 168 Å². The molecule has 10 nitrogen and oxygen atoms in total. The van der Waals surface area contributed by atoms with Crippen molar-refractivity contribution in [1.29, 1.82) is 0 Å². The standard InChI is InChI=1S/C21H32N4O6S/c1-12(2)10-15(20(29)25-17(13(3)26)18(22)27)23-21(30)16(11-32(4)31)24-19(28)14-8-6-5-7-9-14/h5-9,12-13,15-17,26H,10-11H2,1-4H3,(H2,22,27)(H,23,30)(H,24,28)(H,25,29)/t13-,15+,16+,17+,32?/m1/s1. The number of aliphatic hydroxyl groups is 1. The van der Waals surface area contributed by atoms with Crippen LogP contribution >= 0.6 is 0 Å². The molecular weight excluding hydrogens is 436 g/mol. The van der Waals surface area contributed by atoms with Gasteiger partial charge in [0.05, 0.1) is 11.9 Å². The maximum absolute atomic E-state index is 12.9. The summed E-state index contributed by atoms with van der Waals surface area (Å²) in [5.74, 6) is -3.01. The van der Waals surface area contributed by atoms with Crippen molar-refractivity contribution in [2.75, 3.05) is 12.0 Å². The molecule has 11 heteroatoms. The number of carbonyl (C=O) groups excluding carboxylic acids is 4. The molecule has 0 aromatic heterocycles. The number of nitrogens with one attached hydrogen (secondary N) is 3. The molecule has 1 aromatic rings. The van der Waals surface area contributed by atoms with Gasteiger partial charge in [-0.25, -0.2) is 0 Å². The normalized spacial score (nSPS) is 15.7. The lowest BCUT2D eigenvalue weighted by molar-refractivity contribution is -0.133. The predicted octanol–water partition coefficient (Wildman–Crippen LogP) is -0.955. The zero-order valence-corrected chi connectivity index (χ0v) is 19.5. The molecule has 0 aliphatic carbocycles. The molecule has 0 bridgehead atoms. The quantitative estimate of drug-likeness (QED) is 0.265. The summed E-state index contributed by atoms with van der Waals surface area (Å²) in [6, 6.07) is 4.67. The van der Waals surface area contributed by atoms with Gasteiger partial charge >= 0.3 is 0 Å². The van der Waals surface area contributed by atoms with Crippen LogP contribution in [0.25, 0.3) is 0 Å². The minimum Gasteiger partial charge on any atom is -0.391 e. The SMILES string of the molecule is CC(C)C[C@H](NC(=O)[C@H](CS(C)=O)NC(=O)c1ccccc1)C(=O)N[C@H](C(N)=O)[C@@H](C)O. The highest BCUT2D eigenvalue weighted by molar-refractivity contribution is 7.84. The van der Waals surface area contributed by atoms with Crippen LogP contribution in [0.3, 0.4) is 0 Å². The van der Waals surface area contributed by atoms with Crippen molar-refractivity contribution < 1.29 is 28.5 Å². The van der Waals surface area contributed by atoms with E-state index in [1.165, 1.54) is 13.2 Å². The number of hydrogen-bond donors (Lipinski definition) is 5. The molecule has 1 rings (SSSR count). The Bertz CT molecular complexity index is 831. The Balaban J connectivity index is 3.01. The summed E-state index contributed by atoms with van der Waals surface area (Å²) in [6.45, 7) is 4.97. The van der Waals surface area contributed by atoms with E-state index in [1.54, 1.807) is 30.3 Å². The average molecular weight is 469 g/mol. The van der Waals surface area contributed by atoms with Gasteiger partial charge < -0.3 is 26.8 Å². The van der Waals surface area contributed by atoms with E-state index < -0.39 is 58.7 Å². The molecule has 32 heavy (non-hydrogen) atoms. The zero-order chi connectivity index (χ0) is 24.4. The summed E-state index contributed by atoms with van der Waals surface area (Å²) in [5, 5.41) is 17.1. The first-order chi connectivity index (χ1) is 14.9. The van der Waals surface area contributed by atoms with Crippen molar-refractivity contribution in [3.05, 3.63) is 35.9 Å². The second-order valence-corrected chi connectivity index (χ2v) is 9.43. The molecule has 0 fully saturated rings. The smallest absolute Gasteiger partial charge is 0.251 e. The first-order valence-electron chi connectivity index (χ1n) is 10.2. The van der Waals surface area contributed by atoms with E-state index in [9.17, 15) is 28.5 Å². The van der Waals surface area contributed by atoms with Crippen molar-refractivity contribution in [2.45, 2.75) is 51.4 Å². The van der Waals surface area contributed by atoms with E-state index in [-0.39, 0.29) is 18.1 Å². The minimum atomic E-state index is -1.42. The van der Waals surface area contributed by atoms with E-state index >= 15 is 0 Å². The van der Waals surface area contributed by atoms with Crippen LogP contribution in [-0.2, 0) is 25.2 Å². The van der Waals surface area contributed by atoms with Crippen molar-refractivity contribution in [3.63, 3.8) is 0 Å². The van der Waals surface area contributed by atoms with Gasteiger partial charge in [0.25, 0.3) is 5.91 Å². The second-order valence-electron chi connectivity index (χ2n) is 7.95. The van der Waals surface area contributed by atoms with Crippen LogP contribution in [0.4, 0.5) is 0 Å². The molecule has 1 unspecified atom stereocenters. The fourth-order valence-corrected chi connectivity index (χ4v) is 3.61. The van der Waals surface area contributed by atoms with Gasteiger partial charge in [0.2, 0.25) is 17.7 Å². The predicted molar refractivity (Wildman–Crippen MR) is 121 cm³/mol. The van der Waals surface area contributed by atoms with Crippen molar-refractivity contribution in [3.8, 4) is 0 Å². The molecule has 0 saturated carbocycles. The Labute approximate surface area is 190 Å². The van der Waals surface area contributed by atoms with Gasteiger partial charge in [-0.05, 0) is 31.4 Å². The minimum absolute atomic E-state index is 0.0118. The van der Waals surface area contributed by atoms with Crippen LogP contribution in [-0.4, -0.2) is 69.2 Å². The summed E-state index contributed by atoms with van der Waals surface area (Å²) >= 11 is 0. The van der Waals surface area contributed by atoms with E-state index in [2.05, 4.69) is 16.0 Å². The molecule has 0 aliphatic heterocycles. The number of nitrogens with two attached hydrogens (primary N) is 1. The number of hydrogen-bond acceptors (Lipinski definition) is 6. The number of carbonyl (C=O) groups is 4. The van der Waals surface area contributed by atoms with Crippen molar-refractivity contribution >= 4 is 34.4 Å². The molecule has 4 amide bonds. The average Bonchev–Trinajstić information content (AvgIpc) is 2.70. The summed E-state index contributed by atoms with van der Waals surface area (Å²) in [4.78, 5) is 49.6. The highest BCUT2D eigenvalue weighted by Crippen LogP contribution is 2.07. The van der Waals surface area contributed by atoms with Crippen LogP contribution in [0.1, 0.15) is 37.6 Å². The number of rotatable bonds is 12. The fraction of sp³-hybridized carbons (Fsp3) is 0.524. The van der Waals surface area contributed by atoms with Crippen LogP contribution in [0.15, 0.2) is 30.3 Å². The van der Waals surface area contributed by atoms with Crippen LogP contribution in [0, 0.1) is 5.92 Å². The zero-order valence-electron chi connectivity index (χ0n) is 18.7. The summed E-state index contributed by atoms with van der Waals surface area (Å²) in [7, 11) is -1.42. The van der Waals surface area contributed by atoms with Gasteiger partial charge in [-0.3, -0.25) is 23.4 Å². The molecule has 0 saturated heterocycles. The van der Waals surface area contributed by atoms with Gasteiger partial charge in [-0.15, -0.1) is 0 Å². The first kappa shape index (κ1) is 27.2. The lowest BCUT2D eigenvalue weighted by Crippen LogP contribution is -2.59. The summed E-state index contributed by atoms with van der Waals surface area (Å²) in [5.41, 5.74) is 5.54. The Kier molecular flexibility index (Phi) is 11.0. The van der Waals surface area contributed by atoms with Crippen LogP contribution in [0.5, 0.6) is 0 Å². The number of aliphatic hydroxyl groups excluding tert-OH is 1. The molecular formula is C21H32N4O6S. The Hall–Kier alpha value is -2.79. The maximum Gasteiger partial charge on any atom is 0.251 e. The molecule has 1 aromatic carbocycles. The third-order valence-electron chi connectivity index (χ3n) is 4.49. The molecule has 0 spiro atoms. The molecule has 0 radical (unpaired) electrons. The van der Waals surface area contributed by atoms with Gasteiger partial charge in [0.1, 0.15) is 18.1 Å². The van der Waals surface area contributed by atoms with Gasteiger partial charge in [-0.1, -0.05) is 32.0 Å². The van der Waals surface area contributed by atoms with Gasteiger partial charge in [-0.2, -0.15) is 0 Å². The highest BCUT2D eigenvalue weighted by atomic mass is 32.2. The maximum atomic E-state index is 12.9.